The largest absolute Gasteiger partial charge is 0.456 e. The monoisotopic (exact) mass is 474 g/mol. The number of nitrogens with zero attached hydrogens (tertiary/aromatic N) is 3. The molecule has 0 unspecified atom stereocenters. The Balaban J connectivity index is 1.34. The zero-order valence-electron chi connectivity index (χ0n) is 19.8. The van der Waals surface area contributed by atoms with Crippen LogP contribution in [0.4, 0.5) is 5.82 Å². The van der Waals surface area contributed by atoms with Crippen LogP contribution in [0.2, 0.25) is 0 Å². The van der Waals surface area contributed by atoms with Crippen molar-refractivity contribution >= 4 is 29.5 Å². The molecule has 0 fully saturated rings. The number of nitrogens with one attached hydrogen (secondary N) is 1. The number of aromatic nitrogens is 2. The summed E-state index contributed by atoms with van der Waals surface area (Å²) in [6, 6.07) is 17.6. The Hall–Kier alpha value is -4.27. The number of carbonyl (C=O) groups excluding carboxylic acids is 4. The lowest BCUT2D eigenvalue weighted by Crippen LogP contribution is -2.32. The number of para-hydroxylation sites is 1. The Labute approximate surface area is 202 Å². The fraction of sp³-hybridized carbons (Fsp3) is 0.269. The first-order chi connectivity index (χ1) is 16.6. The Bertz CT molecular complexity index is 1260. The van der Waals surface area contributed by atoms with E-state index in [0.717, 1.165) is 16.3 Å². The lowest BCUT2D eigenvalue weighted by atomic mass is 9.92. The maximum absolute atomic E-state index is 12.5. The maximum Gasteiger partial charge on any atom is 0.308 e. The minimum absolute atomic E-state index is 0.123. The first-order valence-corrected chi connectivity index (χ1v) is 11.2. The van der Waals surface area contributed by atoms with E-state index in [1.165, 1.54) is 0 Å². The van der Waals surface area contributed by atoms with Gasteiger partial charge in [0.15, 0.2) is 6.61 Å². The van der Waals surface area contributed by atoms with Crippen molar-refractivity contribution < 1.29 is 23.9 Å². The molecule has 0 saturated carbocycles. The van der Waals surface area contributed by atoms with Crippen molar-refractivity contribution in [1.82, 2.24) is 14.7 Å². The van der Waals surface area contributed by atoms with E-state index in [4.69, 9.17) is 4.74 Å². The lowest BCUT2D eigenvalue weighted by molar-refractivity contribution is -0.147. The summed E-state index contributed by atoms with van der Waals surface area (Å²) in [7, 11) is 0. The summed E-state index contributed by atoms with van der Waals surface area (Å²) >= 11 is 0. The number of esters is 1. The number of hydrogen-bond acceptors (Lipinski definition) is 6. The molecule has 0 saturated heterocycles. The standard InChI is InChI=1S/C26H26N4O5/c1-26(2,3)20-15-21(30(28-20)17-9-5-4-6-10-17)27-22(31)16-35-23(32)13-14-29-24(33)18-11-7-8-12-19(18)25(29)34/h4-12,15H,13-14,16H2,1-3H3,(H,27,31). The zero-order chi connectivity index (χ0) is 25.2. The van der Waals surface area contributed by atoms with Crippen molar-refractivity contribution in [3.63, 3.8) is 0 Å². The summed E-state index contributed by atoms with van der Waals surface area (Å²) in [5.74, 6) is -1.66. The normalized spacial score (nSPS) is 13.1. The Morgan fingerprint density at radius 1 is 0.943 bits per heavy atom. The van der Waals surface area contributed by atoms with Gasteiger partial charge in [-0.2, -0.15) is 5.10 Å². The number of carbonyl (C=O) groups is 4. The van der Waals surface area contributed by atoms with Gasteiger partial charge in [-0.25, -0.2) is 4.68 Å². The SMILES string of the molecule is CC(C)(C)c1cc(NC(=O)COC(=O)CCN2C(=O)c3ccccc3C2=O)n(-c2ccccc2)n1. The first kappa shape index (κ1) is 23.9. The van der Waals surface area contributed by atoms with Gasteiger partial charge in [-0.1, -0.05) is 51.1 Å². The molecule has 3 aromatic rings. The summed E-state index contributed by atoms with van der Waals surface area (Å²) in [5.41, 5.74) is 1.95. The Kier molecular flexibility index (Phi) is 6.50. The molecule has 2 heterocycles. The van der Waals surface area contributed by atoms with Crippen LogP contribution in [0.25, 0.3) is 5.69 Å². The highest BCUT2D eigenvalue weighted by molar-refractivity contribution is 6.21. The fourth-order valence-corrected chi connectivity index (χ4v) is 3.65. The van der Waals surface area contributed by atoms with Crippen LogP contribution in [0, 0.1) is 0 Å². The molecule has 1 N–H and O–H groups in total. The van der Waals surface area contributed by atoms with Crippen LogP contribution in [0.3, 0.4) is 0 Å². The van der Waals surface area contributed by atoms with Crippen LogP contribution in [-0.4, -0.2) is 51.5 Å². The van der Waals surface area contributed by atoms with E-state index in [9.17, 15) is 19.2 Å². The molecule has 0 aliphatic carbocycles. The lowest BCUT2D eigenvalue weighted by Gasteiger charge is -2.14. The van der Waals surface area contributed by atoms with Crippen LogP contribution < -0.4 is 5.32 Å². The summed E-state index contributed by atoms with van der Waals surface area (Å²) in [6.07, 6.45) is -0.213. The zero-order valence-corrected chi connectivity index (χ0v) is 19.8. The molecule has 0 spiro atoms. The van der Waals surface area contributed by atoms with Crippen LogP contribution in [0.1, 0.15) is 53.6 Å². The molecule has 180 valence electrons. The molecule has 35 heavy (non-hydrogen) atoms. The Morgan fingerprint density at radius 2 is 1.54 bits per heavy atom. The number of fused-ring (bicyclic) bond motifs is 1. The van der Waals surface area contributed by atoms with Crippen molar-refractivity contribution in [3.05, 3.63) is 77.5 Å². The summed E-state index contributed by atoms with van der Waals surface area (Å²) < 4.78 is 6.70. The van der Waals surface area contributed by atoms with Crippen LogP contribution >= 0.6 is 0 Å². The molecule has 0 bridgehead atoms. The summed E-state index contributed by atoms with van der Waals surface area (Å²) in [5, 5.41) is 7.38. The third-order valence-corrected chi connectivity index (χ3v) is 5.53. The molecular formula is C26H26N4O5. The summed E-state index contributed by atoms with van der Waals surface area (Å²) in [6.45, 7) is 5.43. The van der Waals surface area contributed by atoms with Gasteiger partial charge in [-0.3, -0.25) is 24.1 Å². The van der Waals surface area contributed by atoms with E-state index in [1.54, 1.807) is 35.0 Å². The minimum Gasteiger partial charge on any atom is -0.456 e. The van der Waals surface area contributed by atoms with E-state index < -0.39 is 30.3 Å². The van der Waals surface area contributed by atoms with Crippen molar-refractivity contribution in [1.29, 1.82) is 0 Å². The van der Waals surface area contributed by atoms with E-state index >= 15 is 0 Å². The van der Waals surface area contributed by atoms with Gasteiger partial charge in [0.2, 0.25) is 0 Å². The van der Waals surface area contributed by atoms with Gasteiger partial charge in [-0.05, 0) is 24.3 Å². The summed E-state index contributed by atoms with van der Waals surface area (Å²) in [4.78, 5) is 50.5. The van der Waals surface area contributed by atoms with E-state index in [2.05, 4.69) is 10.4 Å². The number of amides is 3. The minimum atomic E-state index is -0.691. The molecule has 3 amide bonds. The predicted molar refractivity (Wildman–Crippen MR) is 128 cm³/mol. The average molecular weight is 475 g/mol. The number of ether oxygens (including phenoxy) is 1. The number of imide groups is 1. The van der Waals surface area contributed by atoms with Crippen molar-refractivity contribution in [3.8, 4) is 5.69 Å². The van der Waals surface area contributed by atoms with E-state index in [-0.39, 0.29) is 18.4 Å². The highest BCUT2D eigenvalue weighted by atomic mass is 16.5. The van der Waals surface area contributed by atoms with Gasteiger partial charge >= 0.3 is 5.97 Å². The van der Waals surface area contributed by atoms with Crippen molar-refractivity contribution in [2.75, 3.05) is 18.5 Å². The van der Waals surface area contributed by atoms with Gasteiger partial charge in [0.05, 0.1) is 28.9 Å². The molecule has 1 aromatic heterocycles. The van der Waals surface area contributed by atoms with Gasteiger partial charge in [0.25, 0.3) is 17.7 Å². The molecule has 1 aliphatic rings. The smallest absolute Gasteiger partial charge is 0.308 e. The average Bonchev–Trinajstić information content (AvgIpc) is 3.37. The molecule has 0 radical (unpaired) electrons. The van der Waals surface area contributed by atoms with E-state index in [1.807, 2.05) is 51.1 Å². The number of rotatable bonds is 7. The highest BCUT2D eigenvalue weighted by Gasteiger charge is 2.35. The van der Waals surface area contributed by atoms with Gasteiger partial charge in [-0.15, -0.1) is 0 Å². The maximum atomic E-state index is 12.5. The second kappa shape index (κ2) is 9.54. The molecule has 9 nitrogen and oxygen atoms in total. The van der Waals surface area contributed by atoms with Crippen LogP contribution in [-0.2, 0) is 19.7 Å². The first-order valence-electron chi connectivity index (χ1n) is 11.2. The van der Waals surface area contributed by atoms with Gasteiger partial charge in [0.1, 0.15) is 5.82 Å². The van der Waals surface area contributed by atoms with Crippen LogP contribution in [0.15, 0.2) is 60.7 Å². The van der Waals surface area contributed by atoms with E-state index in [0.29, 0.717) is 16.9 Å². The second-order valence-corrected chi connectivity index (χ2v) is 9.18. The third-order valence-electron chi connectivity index (χ3n) is 5.53. The van der Waals surface area contributed by atoms with Crippen molar-refractivity contribution in [2.24, 2.45) is 0 Å². The molecule has 9 heteroatoms. The topological polar surface area (TPSA) is 111 Å². The molecule has 2 aromatic carbocycles. The molecule has 4 rings (SSSR count). The number of hydrogen-bond donors (Lipinski definition) is 1. The van der Waals surface area contributed by atoms with Gasteiger partial charge in [0, 0.05) is 18.0 Å². The number of anilines is 1. The predicted octanol–water partition coefficient (Wildman–Crippen LogP) is 3.34. The molecule has 1 aliphatic heterocycles. The van der Waals surface area contributed by atoms with Gasteiger partial charge < -0.3 is 10.1 Å². The fourth-order valence-electron chi connectivity index (χ4n) is 3.65. The Morgan fingerprint density at radius 3 is 2.14 bits per heavy atom. The molecular weight excluding hydrogens is 448 g/mol. The molecule has 0 atom stereocenters. The second-order valence-electron chi connectivity index (χ2n) is 9.18. The third kappa shape index (κ3) is 5.13. The van der Waals surface area contributed by atoms with Crippen molar-refractivity contribution in [2.45, 2.75) is 32.6 Å². The van der Waals surface area contributed by atoms with Crippen LogP contribution in [0.5, 0.6) is 0 Å². The highest BCUT2D eigenvalue weighted by Crippen LogP contribution is 2.26. The quantitative estimate of drug-likeness (QED) is 0.415. The number of benzene rings is 2.